The summed E-state index contributed by atoms with van der Waals surface area (Å²) in [6.45, 7) is 1.97. The van der Waals surface area contributed by atoms with E-state index in [1.165, 1.54) is 0 Å². The van der Waals surface area contributed by atoms with Gasteiger partial charge in [-0.15, -0.1) is 12.1 Å². The second kappa shape index (κ2) is 4.83. The Morgan fingerprint density at radius 2 is 2.30 bits per heavy atom. The van der Waals surface area contributed by atoms with Gasteiger partial charge < -0.3 is 5.43 Å². The first-order valence-corrected chi connectivity index (χ1v) is 2.78. The van der Waals surface area contributed by atoms with Crippen LogP contribution in [-0.4, -0.2) is 0 Å². The second-order valence-electron chi connectivity index (χ2n) is 1.90. The topological polar surface area (TPSA) is 38.0 Å². The third kappa shape index (κ3) is 2.78. The first kappa shape index (κ1) is 10.1. The van der Waals surface area contributed by atoms with E-state index in [0.29, 0.717) is 0 Å². The van der Waals surface area contributed by atoms with Crippen LogP contribution in [0.5, 0.6) is 0 Å². The standard InChI is InChI=1S/C7H9N2.Y/c1-6-3-2-4-7(5-6)9-8;/h2,4-5,9H,8H2,1H3;/q-1;. The van der Waals surface area contributed by atoms with Gasteiger partial charge in [0.2, 0.25) is 0 Å². The summed E-state index contributed by atoms with van der Waals surface area (Å²) in [4.78, 5) is 0. The Morgan fingerprint density at radius 3 is 2.70 bits per heavy atom. The molecule has 0 atom stereocenters. The average molecular weight is 210 g/mol. The second-order valence-corrected chi connectivity index (χ2v) is 1.90. The Hall–Kier alpha value is 0.0839. The summed E-state index contributed by atoms with van der Waals surface area (Å²) < 4.78 is 0. The number of anilines is 1. The van der Waals surface area contributed by atoms with Crippen LogP contribution in [0.25, 0.3) is 0 Å². The van der Waals surface area contributed by atoms with Crippen LogP contribution >= 0.6 is 0 Å². The van der Waals surface area contributed by atoms with E-state index in [4.69, 9.17) is 5.84 Å². The summed E-state index contributed by atoms with van der Waals surface area (Å²) in [5, 5.41) is 0. The van der Waals surface area contributed by atoms with Crippen LogP contribution < -0.4 is 11.3 Å². The van der Waals surface area contributed by atoms with E-state index in [-0.39, 0.29) is 32.7 Å². The molecule has 1 rings (SSSR count). The van der Waals surface area contributed by atoms with Crippen molar-refractivity contribution in [1.82, 2.24) is 0 Å². The molecule has 0 saturated heterocycles. The molecule has 0 saturated carbocycles. The van der Waals surface area contributed by atoms with Crippen molar-refractivity contribution in [2.45, 2.75) is 6.92 Å². The molecule has 51 valence electrons. The maximum Gasteiger partial charge on any atom is 0 e. The molecule has 3 N–H and O–H groups in total. The molecule has 0 aliphatic heterocycles. The number of rotatable bonds is 1. The SMILES string of the molecule is Cc1[c-]ccc(NN)c1.[Y]. The fourth-order valence-corrected chi connectivity index (χ4v) is 0.676. The van der Waals surface area contributed by atoms with Crippen LogP contribution in [0.15, 0.2) is 18.2 Å². The predicted octanol–water partition coefficient (Wildman–Crippen LogP) is 1.08. The molecule has 3 heteroatoms. The quantitative estimate of drug-likeness (QED) is 0.413. The third-order valence-corrected chi connectivity index (χ3v) is 1.11. The van der Waals surface area contributed by atoms with Crippen LogP contribution in [0.1, 0.15) is 5.56 Å². The zero-order valence-electron chi connectivity index (χ0n) is 5.89. The maximum absolute atomic E-state index is 5.15. The Kier molecular flexibility index (Phi) is 4.87. The van der Waals surface area contributed by atoms with Crippen molar-refractivity contribution >= 4 is 5.69 Å². The van der Waals surface area contributed by atoms with Crippen molar-refractivity contribution in [2.24, 2.45) is 5.84 Å². The molecule has 0 unspecified atom stereocenters. The fourth-order valence-electron chi connectivity index (χ4n) is 0.676. The molecule has 0 aliphatic rings. The van der Waals surface area contributed by atoms with Crippen LogP contribution in [0.2, 0.25) is 0 Å². The summed E-state index contributed by atoms with van der Waals surface area (Å²) in [7, 11) is 0. The van der Waals surface area contributed by atoms with Gasteiger partial charge in [-0.25, -0.2) is 0 Å². The minimum absolute atomic E-state index is 0. The molecular weight excluding hydrogens is 201 g/mol. The molecule has 0 fully saturated rings. The molecule has 0 aromatic heterocycles. The monoisotopic (exact) mass is 210 g/mol. The Morgan fingerprint density at radius 1 is 1.60 bits per heavy atom. The zero-order chi connectivity index (χ0) is 6.69. The van der Waals surface area contributed by atoms with E-state index >= 15 is 0 Å². The van der Waals surface area contributed by atoms with E-state index in [1.807, 2.05) is 25.1 Å². The van der Waals surface area contributed by atoms with Crippen LogP contribution in [0.3, 0.4) is 0 Å². The van der Waals surface area contributed by atoms with Gasteiger partial charge >= 0.3 is 0 Å². The van der Waals surface area contributed by atoms with Gasteiger partial charge in [-0.3, -0.25) is 5.84 Å². The molecule has 0 bridgehead atoms. The van der Waals surface area contributed by atoms with Gasteiger partial charge in [0, 0.05) is 32.7 Å². The molecule has 1 aromatic carbocycles. The molecule has 1 aromatic rings. The van der Waals surface area contributed by atoms with Crippen molar-refractivity contribution in [2.75, 3.05) is 5.43 Å². The number of hydrazine groups is 1. The summed E-state index contributed by atoms with van der Waals surface area (Å²) in [6.07, 6.45) is 0. The van der Waals surface area contributed by atoms with Crippen LogP contribution in [-0.2, 0) is 32.7 Å². The number of hydrogen-bond acceptors (Lipinski definition) is 2. The maximum atomic E-state index is 5.15. The van der Waals surface area contributed by atoms with Crippen molar-refractivity contribution in [3.63, 3.8) is 0 Å². The van der Waals surface area contributed by atoms with E-state index in [1.54, 1.807) is 0 Å². The summed E-state index contributed by atoms with van der Waals surface area (Å²) in [6, 6.07) is 8.65. The predicted molar refractivity (Wildman–Crippen MR) is 37.8 cm³/mol. The molecule has 1 radical (unpaired) electrons. The van der Waals surface area contributed by atoms with E-state index < -0.39 is 0 Å². The third-order valence-electron chi connectivity index (χ3n) is 1.11. The average Bonchev–Trinajstić information content (AvgIpc) is 1.88. The van der Waals surface area contributed by atoms with Gasteiger partial charge in [-0.05, 0) is 0 Å². The minimum Gasteiger partial charge on any atom is -0.348 e. The zero-order valence-corrected chi connectivity index (χ0v) is 8.73. The molecule has 0 spiro atoms. The first-order valence-electron chi connectivity index (χ1n) is 2.78. The summed E-state index contributed by atoms with van der Waals surface area (Å²) in [5.74, 6) is 5.15. The first-order chi connectivity index (χ1) is 4.33. The molecular formula is C7H9N2Y-. The van der Waals surface area contributed by atoms with E-state index in [2.05, 4.69) is 11.5 Å². The molecule has 2 nitrogen and oxygen atoms in total. The Bertz CT molecular complexity index is 201. The van der Waals surface area contributed by atoms with Gasteiger partial charge in [-0.2, -0.15) is 17.7 Å². The van der Waals surface area contributed by atoms with Crippen molar-refractivity contribution in [1.29, 1.82) is 0 Å². The van der Waals surface area contributed by atoms with Gasteiger partial charge in [0.25, 0.3) is 0 Å². The van der Waals surface area contributed by atoms with Gasteiger partial charge in [0.1, 0.15) is 0 Å². The summed E-state index contributed by atoms with van der Waals surface area (Å²) in [5.41, 5.74) is 4.56. The minimum atomic E-state index is 0. The number of nitrogens with one attached hydrogen (secondary N) is 1. The molecule has 0 heterocycles. The Balaban J connectivity index is 0.000000810. The van der Waals surface area contributed by atoms with Crippen LogP contribution in [0.4, 0.5) is 5.69 Å². The molecule has 0 amide bonds. The van der Waals surface area contributed by atoms with Gasteiger partial charge in [0.15, 0.2) is 0 Å². The molecule has 0 aliphatic carbocycles. The van der Waals surface area contributed by atoms with E-state index in [9.17, 15) is 0 Å². The normalized spacial score (nSPS) is 8.20. The van der Waals surface area contributed by atoms with Crippen molar-refractivity contribution < 1.29 is 32.7 Å². The number of benzene rings is 1. The molecule has 10 heavy (non-hydrogen) atoms. The fraction of sp³-hybridized carbons (Fsp3) is 0.143. The van der Waals surface area contributed by atoms with E-state index in [0.717, 1.165) is 11.3 Å². The van der Waals surface area contributed by atoms with Crippen LogP contribution in [0, 0.1) is 13.0 Å². The number of hydrogen-bond donors (Lipinski definition) is 2. The number of aryl methyl sites for hydroxylation is 1. The number of nitrogens with two attached hydrogens (primary N) is 1. The van der Waals surface area contributed by atoms with Crippen molar-refractivity contribution in [3.05, 3.63) is 29.8 Å². The Labute approximate surface area is 86.0 Å². The summed E-state index contributed by atoms with van der Waals surface area (Å²) >= 11 is 0. The largest absolute Gasteiger partial charge is 0.348 e. The number of nitrogen functional groups attached to an aromatic ring is 1. The van der Waals surface area contributed by atoms with Gasteiger partial charge in [-0.1, -0.05) is 12.6 Å². The smallest absolute Gasteiger partial charge is 0 e. The van der Waals surface area contributed by atoms with Crippen molar-refractivity contribution in [3.8, 4) is 0 Å². The van der Waals surface area contributed by atoms with Gasteiger partial charge in [0.05, 0.1) is 0 Å².